The van der Waals surface area contributed by atoms with Crippen LogP contribution in [-0.4, -0.2) is 60.3 Å². The zero-order valence-electron chi connectivity index (χ0n) is 11.9. The fourth-order valence-electron chi connectivity index (χ4n) is 3.30. The number of likely N-dealkylation sites (N-methyl/N-ethyl adjacent to an activating group) is 1. The van der Waals surface area contributed by atoms with E-state index in [2.05, 4.69) is 26.8 Å². The molecule has 2 aliphatic rings. The van der Waals surface area contributed by atoms with Gasteiger partial charge in [0, 0.05) is 25.0 Å². The van der Waals surface area contributed by atoms with Crippen LogP contribution in [0.4, 0.5) is 10.2 Å². The Kier molecular flexibility index (Phi) is 3.01. The predicted octanol–water partition coefficient (Wildman–Crippen LogP) is 1.29. The lowest BCUT2D eigenvalue weighted by atomic mass is 10.1. The number of rotatable bonds is 1. The van der Waals surface area contributed by atoms with Crippen LogP contribution in [0.3, 0.4) is 0 Å². The predicted molar refractivity (Wildman–Crippen MR) is 77.9 cm³/mol. The lowest BCUT2D eigenvalue weighted by Crippen LogP contribution is -2.48. The molecule has 5 nitrogen and oxygen atoms in total. The molecule has 2 saturated heterocycles. The SMILES string of the molecule is CN1CCOC2CN(c3ncnc4ccc(F)cc34)CC21. The summed E-state index contributed by atoms with van der Waals surface area (Å²) >= 11 is 0. The van der Waals surface area contributed by atoms with Gasteiger partial charge in [-0.3, -0.25) is 4.90 Å². The fourth-order valence-corrected chi connectivity index (χ4v) is 3.30. The van der Waals surface area contributed by atoms with Gasteiger partial charge in [0.05, 0.1) is 24.3 Å². The summed E-state index contributed by atoms with van der Waals surface area (Å²) in [7, 11) is 2.13. The normalized spacial score (nSPS) is 26.3. The van der Waals surface area contributed by atoms with Crippen LogP contribution >= 0.6 is 0 Å². The molecule has 0 bridgehead atoms. The maximum Gasteiger partial charge on any atom is 0.140 e. The van der Waals surface area contributed by atoms with Crippen LogP contribution in [0.1, 0.15) is 0 Å². The van der Waals surface area contributed by atoms with E-state index < -0.39 is 0 Å². The van der Waals surface area contributed by atoms with Gasteiger partial charge in [-0.15, -0.1) is 0 Å². The molecule has 0 amide bonds. The van der Waals surface area contributed by atoms with E-state index in [1.807, 2.05) is 0 Å². The molecule has 2 aromatic rings. The Morgan fingerprint density at radius 2 is 2.19 bits per heavy atom. The highest BCUT2D eigenvalue weighted by atomic mass is 19.1. The van der Waals surface area contributed by atoms with Gasteiger partial charge in [0.25, 0.3) is 0 Å². The quantitative estimate of drug-likeness (QED) is 0.791. The third-order valence-electron chi connectivity index (χ3n) is 4.45. The molecule has 2 atom stereocenters. The first kappa shape index (κ1) is 12.9. The van der Waals surface area contributed by atoms with Gasteiger partial charge >= 0.3 is 0 Å². The second-order valence-corrected chi connectivity index (χ2v) is 5.72. The Morgan fingerprint density at radius 3 is 3.05 bits per heavy atom. The highest BCUT2D eigenvalue weighted by molar-refractivity contribution is 5.89. The van der Waals surface area contributed by atoms with E-state index in [4.69, 9.17) is 4.74 Å². The largest absolute Gasteiger partial charge is 0.373 e. The van der Waals surface area contributed by atoms with Crippen molar-refractivity contribution in [3.05, 3.63) is 30.3 Å². The van der Waals surface area contributed by atoms with Crippen molar-refractivity contribution in [3.63, 3.8) is 0 Å². The van der Waals surface area contributed by atoms with Crippen LogP contribution in [0.2, 0.25) is 0 Å². The topological polar surface area (TPSA) is 41.5 Å². The average Bonchev–Trinajstić information content (AvgIpc) is 2.92. The Hall–Kier alpha value is -1.79. The summed E-state index contributed by atoms with van der Waals surface area (Å²) in [6, 6.07) is 5.01. The number of ether oxygens (including phenoxy) is 1. The van der Waals surface area contributed by atoms with Gasteiger partial charge < -0.3 is 9.64 Å². The molecule has 21 heavy (non-hydrogen) atoms. The van der Waals surface area contributed by atoms with Gasteiger partial charge in [-0.2, -0.15) is 0 Å². The fraction of sp³-hybridized carbons (Fsp3) is 0.467. The van der Waals surface area contributed by atoms with Crippen LogP contribution in [0, 0.1) is 5.82 Å². The van der Waals surface area contributed by atoms with Crippen LogP contribution in [-0.2, 0) is 4.74 Å². The molecule has 2 fully saturated rings. The van der Waals surface area contributed by atoms with E-state index in [9.17, 15) is 4.39 Å². The molecule has 0 radical (unpaired) electrons. The Balaban J connectivity index is 1.72. The zero-order chi connectivity index (χ0) is 14.4. The number of aromatic nitrogens is 2. The number of morpholine rings is 1. The molecule has 6 heteroatoms. The number of hydrogen-bond acceptors (Lipinski definition) is 5. The molecule has 1 aromatic carbocycles. The van der Waals surface area contributed by atoms with Gasteiger partial charge in [-0.25, -0.2) is 14.4 Å². The highest BCUT2D eigenvalue weighted by Crippen LogP contribution is 2.30. The van der Waals surface area contributed by atoms with Gasteiger partial charge in [0.2, 0.25) is 0 Å². The molecule has 0 aliphatic carbocycles. The summed E-state index contributed by atoms with van der Waals surface area (Å²) in [6.45, 7) is 3.36. The lowest BCUT2D eigenvalue weighted by molar-refractivity contribution is -0.0362. The summed E-state index contributed by atoms with van der Waals surface area (Å²) in [5.41, 5.74) is 0.769. The van der Waals surface area contributed by atoms with Crippen molar-refractivity contribution in [1.29, 1.82) is 0 Å². The van der Waals surface area contributed by atoms with E-state index in [1.54, 1.807) is 12.4 Å². The number of nitrogens with zero attached hydrogens (tertiary/aromatic N) is 4. The summed E-state index contributed by atoms with van der Waals surface area (Å²) in [5.74, 6) is 0.537. The molecule has 2 aliphatic heterocycles. The number of fused-ring (bicyclic) bond motifs is 2. The van der Waals surface area contributed by atoms with Crippen molar-refractivity contribution in [2.45, 2.75) is 12.1 Å². The van der Waals surface area contributed by atoms with Gasteiger partial charge in [0.1, 0.15) is 18.0 Å². The van der Waals surface area contributed by atoms with Crippen LogP contribution < -0.4 is 4.90 Å². The molecule has 3 heterocycles. The molecule has 4 rings (SSSR count). The second kappa shape index (κ2) is 4.89. The van der Waals surface area contributed by atoms with E-state index in [1.165, 1.54) is 12.1 Å². The Labute approximate surface area is 122 Å². The molecule has 110 valence electrons. The van der Waals surface area contributed by atoms with Crippen LogP contribution in [0.25, 0.3) is 10.9 Å². The van der Waals surface area contributed by atoms with Gasteiger partial charge in [-0.05, 0) is 25.2 Å². The van der Waals surface area contributed by atoms with Crippen molar-refractivity contribution in [1.82, 2.24) is 14.9 Å². The third-order valence-corrected chi connectivity index (χ3v) is 4.45. The monoisotopic (exact) mass is 288 g/mol. The van der Waals surface area contributed by atoms with E-state index >= 15 is 0 Å². The summed E-state index contributed by atoms with van der Waals surface area (Å²) in [4.78, 5) is 13.1. The molecular weight excluding hydrogens is 271 g/mol. The third kappa shape index (κ3) is 2.15. The van der Waals surface area contributed by atoms with Gasteiger partial charge in [0.15, 0.2) is 0 Å². The molecular formula is C15H17FN4O. The van der Waals surface area contributed by atoms with Crippen molar-refractivity contribution in [3.8, 4) is 0 Å². The standard InChI is InChI=1S/C15H17FN4O/c1-19-4-5-21-14-8-20(7-13(14)19)15-11-6-10(16)2-3-12(11)17-9-18-15/h2-3,6,9,13-14H,4-5,7-8H2,1H3. The van der Waals surface area contributed by atoms with Crippen molar-refractivity contribution in [2.75, 3.05) is 38.2 Å². The van der Waals surface area contributed by atoms with Crippen molar-refractivity contribution < 1.29 is 9.13 Å². The summed E-state index contributed by atoms with van der Waals surface area (Å²) < 4.78 is 19.4. The van der Waals surface area contributed by atoms with Crippen LogP contribution in [0.5, 0.6) is 0 Å². The second-order valence-electron chi connectivity index (χ2n) is 5.72. The molecule has 1 aromatic heterocycles. The number of benzene rings is 1. The molecule has 2 unspecified atom stereocenters. The zero-order valence-corrected chi connectivity index (χ0v) is 11.9. The highest BCUT2D eigenvalue weighted by Gasteiger charge is 2.39. The minimum atomic E-state index is -0.261. The minimum absolute atomic E-state index is 0.197. The lowest BCUT2D eigenvalue weighted by Gasteiger charge is -2.33. The minimum Gasteiger partial charge on any atom is -0.373 e. The van der Waals surface area contributed by atoms with Gasteiger partial charge in [-0.1, -0.05) is 0 Å². The van der Waals surface area contributed by atoms with Crippen molar-refractivity contribution >= 4 is 16.7 Å². The number of halogens is 1. The first-order chi connectivity index (χ1) is 10.2. The first-order valence-corrected chi connectivity index (χ1v) is 7.19. The van der Waals surface area contributed by atoms with E-state index in [-0.39, 0.29) is 11.9 Å². The Morgan fingerprint density at radius 1 is 1.29 bits per heavy atom. The summed E-state index contributed by atoms with van der Waals surface area (Å²) in [6.07, 6.45) is 1.74. The number of anilines is 1. The maximum atomic E-state index is 13.6. The smallest absolute Gasteiger partial charge is 0.140 e. The van der Waals surface area contributed by atoms with Crippen LogP contribution in [0.15, 0.2) is 24.5 Å². The molecule has 0 saturated carbocycles. The van der Waals surface area contributed by atoms with E-state index in [0.717, 1.165) is 43.0 Å². The van der Waals surface area contributed by atoms with E-state index in [0.29, 0.717) is 6.04 Å². The maximum absolute atomic E-state index is 13.6. The first-order valence-electron chi connectivity index (χ1n) is 7.19. The Bertz CT molecular complexity index is 680. The average molecular weight is 288 g/mol. The molecule has 0 spiro atoms. The molecule has 0 N–H and O–H groups in total. The number of hydrogen-bond donors (Lipinski definition) is 0. The van der Waals surface area contributed by atoms with Crippen molar-refractivity contribution in [2.24, 2.45) is 0 Å². The summed E-state index contributed by atoms with van der Waals surface area (Å²) in [5, 5.41) is 0.763.